The van der Waals surface area contributed by atoms with Gasteiger partial charge in [0.25, 0.3) is 0 Å². The molecule has 0 fully saturated rings. The van der Waals surface area contributed by atoms with E-state index in [1.807, 2.05) is 45.9 Å². The van der Waals surface area contributed by atoms with Gasteiger partial charge < -0.3 is 9.47 Å². The van der Waals surface area contributed by atoms with E-state index in [0.717, 1.165) is 23.3 Å². The first-order valence-electron chi connectivity index (χ1n) is 6.88. The number of hydrogen-bond acceptors (Lipinski definition) is 3. The van der Waals surface area contributed by atoms with Crippen LogP contribution < -0.4 is 4.74 Å². The summed E-state index contributed by atoms with van der Waals surface area (Å²) in [5, 5.41) is 0. The molecular formula is C16H24O3. The normalized spacial score (nSPS) is 12.3. The number of aryl methyl sites for hydroxylation is 1. The van der Waals surface area contributed by atoms with Crippen LogP contribution in [-0.4, -0.2) is 18.2 Å². The van der Waals surface area contributed by atoms with Gasteiger partial charge in [-0.1, -0.05) is 19.1 Å². The van der Waals surface area contributed by atoms with E-state index >= 15 is 0 Å². The summed E-state index contributed by atoms with van der Waals surface area (Å²) >= 11 is 0. The smallest absolute Gasteiger partial charge is 0.310 e. The van der Waals surface area contributed by atoms with Crippen LogP contribution in [0, 0.1) is 6.92 Å². The highest BCUT2D eigenvalue weighted by Crippen LogP contribution is 2.23. The molecule has 0 unspecified atom stereocenters. The Morgan fingerprint density at radius 3 is 2.53 bits per heavy atom. The van der Waals surface area contributed by atoms with Crippen LogP contribution in [0.25, 0.3) is 0 Å². The average molecular weight is 264 g/mol. The van der Waals surface area contributed by atoms with Gasteiger partial charge in [0.15, 0.2) is 0 Å². The quantitative estimate of drug-likeness (QED) is 0.735. The second kappa shape index (κ2) is 7.17. The zero-order chi connectivity index (χ0) is 14.4. The van der Waals surface area contributed by atoms with Gasteiger partial charge in [-0.2, -0.15) is 0 Å². The molecule has 3 nitrogen and oxygen atoms in total. The van der Waals surface area contributed by atoms with Crippen LogP contribution in [0.3, 0.4) is 0 Å². The van der Waals surface area contributed by atoms with E-state index in [9.17, 15) is 4.79 Å². The van der Waals surface area contributed by atoms with Crippen molar-refractivity contribution in [2.45, 2.75) is 59.7 Å². The Morgan fingerprint density at radius 1 is 1.26 bits per heavy atom. The number of rotatable bonds is 6. The lowest BCUT2D eigenvalue weighted by Crippen LogP contribution is -2.16. The number of ether oxygens (including phenoxy) is 2. The molecule has 19 heavy (non-hydrogen) atoms. The van der Waals surface area contributed by atoms with Crippen LogP contribution >= 0.6 is 0 Å². The number of carbonyl (C=O) groups is 1. The molecule has 1 atom stereocenters. The topological polar surface area (TPSA) is 35.5 Å². The molecular weight excluding hydrogens is 240 g/mol. The summed E-state index contributed by atoms with van der Waals surface area (Å²) in [5.41, 5.74) is 2.01. The van der Waals surface area contributed by atoms with Gasteiger partial charge in [0.05, 0.1) is 18.6 Å². The summed E-state index contributed by atoms with van der Waals surface area (Å²) < 4.78 is 11.0. The molecule has 0 radical (unpaired) electrons. The minimum Gasteiger partial charge on any atom is -0.490 e. The van der Waals surface area contributed by atoms with Crippen LogP contribution in [0.1, 0.15) is 45.2 Å². The molecule has 106 valence electrons. The highest BCUT2D eigenvalue weighted by molar-refractivity contribution is 5.73. The van der Waals surface area contributed by atoms with Crippen LogP contribution in [0.4, 0.5) is 0 Å². The van der Waals surface area contributed by atoms with E-state index in [1.54, 1.807) is 0 Å². The zero-order valence-electron chi connectivity index (χ0n) is 12.5. The first kappa shape index (κ1) is 15.5. The van der Waals surface area contributed by atoms with E-state index in [4.69, 9.17) is 9.47 Å². The Morgan fingerprint density at radius 2 is 1.95 bits per heavy atom. The van der Waals surface area contributed by atoms with Crippen LogP contribution in [0.2, 0.25) is 0 Å². The Hall–Kier alpha value is -1.51. The maximum absolute atomic E-state index is 11.7. The lowest BCUT2D eigenvalue weighted by atomic mass is 10.1. The molecule has 0 aliphatic rings. The average Bonchev–Trinajstić information content (AvgIpc) is 2.31. The van der Waals surface area contributed by atoms with Crippen molar-refractivity contribution in [1.82, 2.24) is 0 Å². The third-order valence-electron chi connectivity index (χ3n) is 2.83. The molecule has 0 N–H and O–H groups in total. The van der Waals surface area contributed by atoms with Crippen LogP contribution in [0.5, 0.6) is 5.75 Å². The number of benzene rings is 1. The second-order valence-electron chi connectivity index (χ2n) is 5.16. The highest BCUT2D eigenvalue weighted by Gasteiger charge is 2.13. The lowest BCUT2D eigenvalue weighted by Gasteiger charge is -2.17. The molecule has 0 amide bonds. The van der Waals surface area contributed by atoms with Crippen molar-refractivity contribution in [2.24, 2.45) is 0 Å². The predicted octanol–water partition coefficient (Wildman–Crippen LogP) is 3.67. The van der Waals surface area contributed by atoms with Crippen molar-refractivity contribution in [1.29, 1.82) is 0 Å². The second-order valence-corrected chi connectivity index (χ2v) is 5.16. The highest BCUT2D eigenvalue weighted by atomic mass is 16.5. The Labute approximate surface area is 115 Å². The fraction of sp³-hybridized carbons (Fsp3) is 0.562. The van der Waals surface area contributed by atoms with Crippen molar-refractivity contribution in [3.8, 4) is 5.75 Å². The zero-order valence-corrected chi connectivity index (χ0v) is 12.5. The van der Waals surface area contributed by atoms with Gasteiger partial charge in [-0.25, -0.2) is 0 Å². The molecule has 0 saturated carbocycles. The van der Waals surface area contributed by atoms with Gasteiger partial charge in [-0.05, 0) is 45.7 Å². The van der Waals surface area contributed by atoms with Crippen LogP contribution in [-0.2, 0) is 16.0 Å². The maximum Gasteiger partial charge on any atom is 0.310 e. The molecule has 0 saturated heterocycles. The Balaban J connectivity index is 2.84. The van der Waals surface area contributed by atoms with E-state index in [-0.39, 0.29) is 24.6 Å². The van der Waals surface area contributed by atoms with Crippen molar-refractivity contribution >= 4 is 5.97 Å². The molecule has 1 rings (SSSR count). The third kappa shape index (κ3) is 5.33. The standard InChI is InChI=1S/C16H24O3/c1-6-13(5)19-15-9-12(4)7-8-14(15)10-16(17)18-11(2)3/h7-9,11,13H,6,10H2,1-5H3/t13-/m1/s1. The summed E-state index contributed by atoms with van der Waals surface area (Å²) in [6.07, 6.45) is 1.24. The van der Waals surface area contributed by atoms with E-state index in [0.29, 0.717) is 0 Å². The number of hydrogen-bond donors (Lipinski definition) is 0. The molecule has 3 heteroatoms. The van der Waals surface area contributed by atoms with Crippen molar-refractivity contribution in [2.75, 3.05) is 0 Å². The predicted molar refractivity (Wildman–Crippen MR) is 76.5 cm³/mol. The van der Waals surface area contributed by atoms with Crippen LogP contribution in [0.15, 0.2) is 18.2 Å². The maximum atomic E-state index is 11.7. The van der Waals surface area contributed by atoms with Gasteiger partial charge in [0.1, 0.15) is 5.75 Å². The Bertz CT molecular complexity index is 424. The van der Waals surface area contributed by atoms with E-state index in [1.165, 1.54) is 0 Å². The SMILES string of the molecule is CC[C@@H](C)Oc1cc(C)ccc1CC(=O)OC(C)C. The third-order valence-corrected chi connectivity index (χ3v) is 2.83. The van der Waals surface area contributed by atoms with E-state index < -0.39 is 0 Å². The van der Waals surface area contributed by atoms with Gasteiger partial charge in [0, 0.05) is 5.56 Å². The van der Waals surface area contributed by atoms with Crippen molar-refractivity contribution in [3.63, 3.8) is 0 Å². The first-order chi connectivity index (χ1) is 8.92. The summed E-state index contributed by atoms with van der Waals surface area (Å²) in [6.45, 7) is 9.82. The molecule has 0 aromatic heterocycles. The van der Waals surface area contributed by atoms with Gasteiger partial charge in [-0.15, -0.1) is 0 Å². The molecule has 0 aliphatic carbocycles. The largest absolute Gasteiger partial charge is 0.490 e. The van der Waals surface area contributed by atoms with Crippen molar-refractivity contribution in [3.05, 3.63) is 29.3 Å². The fourth-order valence-electron chi connectivity index (χ4n) is 1.68. The summed E-state index contributed by atoms with van der Waals surface area (Å²) in [7, 11) is 0. The summed E-state index contributed by atoms with van der Waals surface area (Å²) in [4.78, 5) is 11.7. The lowest BCUT2D eigenvalue weighted by molar-refractivity contribution is -0.146. The number of esters is 1. The monoisotopic (exact) mass is 264 g/mol. The minimum absolute atomic E-state index is 0.0862. The van der Waals surface area contributed by atoms with Crippen molar-refractivity contribution < 1.29 is 14.3 Å². The molecule has 0 aliphatic heterocycles. The Kier molecular flexibility index (Phi) is 5.87. The molecule has 1 aromatic carbocycles. The number of carbonyl (C=O) groups excluding carboxylic acids is 1. The molecule has 0 heterocycles. The molecule has 0 spiro atoms. The minimum atomic E-state index is -0.215. The molecule has 0 bridgehead atoms. The van der Waals surface area contributed by atoms with E-state index in [2.05, 4.69) is 6.92 Å². The molecule has 1 aromatic rings. The van der Waals surface area contributed by atoms with Gasteiger partial charge in [0.2, 0.25) is 0 Å². The van der Waals surface area contributed by atoms with Gasteiger partial charge >= 0.3 is 5.97 Å². The fourth-order valence-corrected chi connectivity index (χ4v) is 1.68. The summed E-state index contributed by atoms with van der Waals surface area (Å²) in [6, 6.07) is 5.90. The summed E-state index contributed by atoms with van der Waals surface area (Å²) in [5.74, 6) is 0.572. The first-order valence-corrected chi connectivity index (χ1v) is 6.88. The van der Waals surface area contributed by atoms with Gasteiger partial charge in [-0.3, -0.25) is 4.79 Å².